The smallest absolute Gasteiger partial charge is 0.129 e. The van der Waals surface area contributed by atoms with Crippen molar-refractivity contribution in [3.8, 4) is 0 Å². The lowest BCUT2D eigenvalue weighted by molar-refractivity contribution is -0.0791. The van der Waals surface area contributed by atoms with E-state index >= 15 is 0 Å². The van der Waals surface area contributed by atoms with Crippen molar-refractivity contribution in [3.05, 3.63) is 23.5 Å². The number of nitrogens with zero attached hydrogens (tertiary/aromatic N) is 5. The highest BCUT2D eigenvalue weighted by molar-refractivity contribution is 5.23. The fraction of sp³-hybridized carbons (Fsp3) is 0.871. The Balaban J connectivity index is 0.978. The summed E-state index contributed by atoms with van der Waals surface area (Å²) in [5.41, 5.74) is 10.4. The number of nitrogens with one attached hydrogen (secondary N) is 6. The number of piperidine rings is 1. The van der Waals surface area contributed by atoms with Gasteiger partial charge in [-0.15, -0.1) is 0 Å². The SMILES string of the molecule is C[C@H]1CCOC2C(CNN2C)C2NCCC(NC3CC4C(CN3)C(c3ccc(CN5CC(N6CCCC6)C5)n3C)NN41)N2. The highest BCUT2D eigenvalue weighted by atomic mass is 16.5. The van der Waals surface area contributed by atoms with Crippen molar-refractivity contribution < 1.29 is 4.74 Å². The van der Waals surface area contributed by atoms with E-state index in [-0.39, 0.29) is 18.6 Å². The number of rotatable bonds is 4. The molecule has 0 spiro atoms. The van der Waals surface area contributed by atoms with Gasteiger partial charge in [0.05, 0.1) is 31.1 Å². The minimum absolute atomic E-state index is 0.0578. The van der Waals surface area contributed by atoms with Crippen LogP contribution >= 0.6 is 0 Å². The van der Waals surface area contributed by atoms with Gasteiger partial charge in [0.2, 0.25) is 0 Å². The van der Waals surface area contributed by atoms with Crippen molar-refractivity contribution in [1.82, 2.24) is 56.5 Å². The second-order valence-corrected chi connectivity index (χ2v) is 14.5. The average molecular weight is 598 g/mol. The maximum absolute atomic E-state index is 6.61. The lowest BCUT2D eigenvalue weighted by atomic mass is 9.85. The van der Waals surface area contributed by atoms with Gasteiger partial charge in [0.1, 0.15) is 6.23 Å². The number of ether oxygens (including phenoxy) is 1. The maximum atomic E-state index is 6.61. The Bertz CT molecular complexity index is 1110. The molecule has 0 amide bonds. The number of likely N-dealkylation sites (tertiary alicyclic amines) is 2. The number of aromatic nitrogens is 1. The van der Waals surface area contributed by atoms with E-state index in [0.29, 0.717) is 36.1 Å². The van der Waals surface area contributed by atoms with Crippen LogP contribution in [-0.2, 0) is 18.3 Å². The summed E-state index contributed by atoms with van der Waals surface area (Å²) in [6.07, 6.45) is 6.81. The van der Waals surface area contributed by atoms with Crippen molar-refractivity contribution in [1.29, 1.82) is 0 Å². The third-order valence-electron chi connectivity index (χ3n) is 11.8. The highest BCUT2D eigenvalue weighted by Gasteiger charge is 2.49. The first kappa shape index (κ1) is 29.3. The van der Waals surface area contributed by atoms with Crippen LogP contribution in [0.4, 0.5) is 0 Å². The first-order valence-corrected chi connectivity index (χ1v) is 17.2. The Labute approximate surface area is 257 Å². The monoisotopic (exact) mass is 597 g/mol. The topological polar surface area (TPSA) is 99.3 Å². The Hall–Kier alpha value is -1.16. The summed E-state index contributed by atoms with van der Waals surface area (Å²) in [5, 5.41) is 20.3. The predicted octanol–water partition coefficient (Wildman–Crippen LogP) is -0.504. The van der Waals surface area contributed by atoms with Gasteiger partial charge < -0.3 is 19.9 Å². The number of hydrazine groups is 2. The van der Waals surface area contributed by atoms with Crippen LogP contribution in [0.3, 0.4) is 0 Å². The minimum atomic E-state index is 0.0578. The van der Waals surface area contributed by atoms with Crippen LogP contribution in [0.25, 0.3) is 0 Å². The highest BCUT2D eigenvalue weighted by Crippen LogP contribution is 2.39. The molecule has 7 aliphatic rings. The largest absolute Gasteiger partial charge is 0.361 e. The van der Waals surface area contributed by atoms with Gasteiger partial charge in [0.25, 0.3) is 0 Å². The Kier molecular flexibility index (Phi) is 8.31. The lowest BCUT2D eigenvalue weighted by Gasteiger charge is -2.44. The van der Waals surface area contributed by atoms with Gasteiger partial charge in [-0.2, -0.15) is 0 Å². The van der Waals surface area contributed by atoms with E-state index in [0.717, 1.165) is 58.1 Å². The van der Waals surface area contributed by atoms with Crippen LogP contribution in [0.2, 0.25) is 0 Å². The molecule has 7 saturated heterocycles. The van der Waals surface area contributed by atoms with Crippen molar-refractivity contribution in [2.24, 2.45) is 18.9 Å². The molecule has 8 rings (SSSR count). The Morgan fingerprint density at radius 1 is 0.953 bits per heavy atom. The van der Waals surface area contributed by atoms with Crippen molar-refractivity contribution in [3.63, 3.8) is 0 Å². The summed E-state index contributed by atoms with van der Waals surface area (Å²) in [6, 6.07) is 6.72. The molecule has 12 heteroatoms. The molecule has 4 bridgehead atoms. The van der Waals surface area contributed by atoms with E-state index in [1.807, 2.05) is 0 Å². The van der Waals surface area contributed by atoms with Crippen molar-refractivity contribution in [2.75, 3.05) is 59.5 Å². The Morgan fingerprint density at radius 3 is 2.67 bits per heavy atom. The van der Waals surface area contributed by atoms with Crippen molar-refractivity contribution >= 4 is 0 Å². The number of hydrogen-bond donors (Lipinski definition) is 6. The molecule has 7 aliphatic heterocycles. The van der Waals surface area contributed by atoms with Gasteiger partial charge in [-0.05, 0) is 70.8 Å². The zero-order chi connectivity index (χ0) is 29.1. The number of fused-ring (bicyclic) bond motifs is 5. The molecule has 43 heavy (non-hydrogen) atoms. The molecular formula is C31H55N11O. The summed E-state index contributed by atoms with van der Waals surface area (Å²) in [4.78, 5) is 5.34. The van der Waals surface area contributed by atoms with Crippen LogP contribution in [0, 0.1) is 11.8 Å². The predicted molar refractivity (Wildman–Crippen MR) is 166 cm³/mol. The van der Waals surface area contributed by atoms with Crippen LogP contribution < -0.4 is 32.1 Å². The van der Waals surface area contributed by atoms with E-state index < -0.39 is 0 Å². The number of hydrogen-bond acceptors (Lipinski definition) is 11. The van der Waals surface area contributed by atoms with Gasteiger partial charge in [-0.3, -0.25) is 25.9 Å². The molecule has 0 radical (unpaired) electrons. The lowest BCUT2D eigenvalue weighted by Crippen LogP contribution is -2.67. The van der Waals surface area contributed by atoms with Gasteiger partial charge in [-0.25, -0.2) is 15.4 Å². The fourth-order valence-electron chi connectivity index (χ4n) is 9.21. The van der Waals surface area contributed by atoms with E-state index in [1.165, 1.54) is 50.4 Å². The van der Waals surface area contributed by atoms with Crippen LogP contribution in [0.1, 0.15) is 56.5 Å². The van der Waals surface area contributed by atoms with Crippen LogP contribution in [0.15, 0.2) is 12.1 Å². The second kappa shape index (κ2) is 12.2. The zero-order valence-corrected chi connectivity index (χ0v) is 26.5. The normalized spacial score (nSPS) is 42.2. The molecular weight excluding hydrogens is 542 g/mol. The van der Waals surface area contributed by atoms with Crippen molar-refractivity contribution in [2.45, 2.75) is 94.5 Å². The molecule has 1 aromatic heterocycles. The van der Waals surface area contributed by atoms with Gasteiger partial charge in [-0.1, -0.05) is 0 Å². The molecule has 9 atom stereocenters. The summed E-state index contributed by atoms with van der Waals surface area (Å²) < 4.78 is 9.10. The molecule has 8 unspecified atom stereocenters. The maximum Gasteiger partial charge on any atom is 0.129 e. The summed E-state index contributed by atoms with van der Waals surface area (Å²) in [7, 11) is 4.40. The van der Waals surface area contributed by atoms with Crippen LogP contribution in [-0.4, -0.2) is 127 Å². The quantitative estimate of drug-likeness (QED) is 0.271. The summed E-state index contributed by atoms with van der Waals surface area (Å²) in [5.74, 6) is 0.870. The molecule has 0 saturated carbocycles. The van der Waals surface area contributed by atoms with Gasteiger partial charge in [0.15, 0.2) is 0 Å². The molecule has 1 aromatic rings. The fourth-order valence-corrected chi connectivity index (χ4v) is 9.21. The third kappa shape index (κ3) is 5.61. The standard InChI is InChI=1S/C31H55N11O/c1-20-9-13-43-31-24(16-34-39(31)3)30-32-10-8-27(36-30)35-28-14-26-23(15-33-28)29(37-42(20)26)25-7-6-21(38(25)2)17-40-18-22(19-40)41-11-4-5-12-41/h6-7,20,22-24,26-37H,4-5,8-19H2,1-3H3/t20-,23?,24?,26?,27?,28?,29?,30?,31?/m0/s1. The average Bonchev–Trinajstić information content (AvgIpc) is 3.78. The molecule has 0 aliphatic carbocycles. The first-order chi connectivity index (χ1) is 21.0. The summed E-state index contributed by atoms with van der Waals surface area (Å²) >= 11 is 0. The van der Waals surface area contributed by atoms with E-state index in [9.17, 15) is 0 Å². The molecule has 6 N–H and O–H groups in total. The molecule has 0 aromatic carbocycles. The zero-order valence-electron chi connectivity index (χ0n) is 26.5. The molecule has 240 valence electrons. The van der Waals surface area contributed by atoms with E-state index in [4.69, 9.17) is 4.74 Å². The van der Waals surface area contributed by atoms with E-state index in [2.05, 4.69) is 89.7 Å². The molecule has 8 heterocycles. The minimum Gasteiger partial charge on any atom is -0.361 e. The second-order valence-electron chi connectivity index (χ2n) is 14.5. The van der Waals surface area contributed by atoms with Gasteiger partial charge in [0, 0.05) is 88.2 Å². The summed E-state index contributed by atoms with van der Waals surface area (Å²) in [6.45, 7) is 12.2. The molecule has 12 nitrogen and oxygen atoms in total. The molecule has 7 fully saturated rings. The van der Waals surface area contributed by atoms with Gasteiger partial charge >= 0.3 is 0 Å². The third-order valence-corrected chi connectivity index (χ3v) is 11.8. The van der Waals surface area contributed by atoms with Crippen LogP contribution in [0.5, 0.6) is 0 Å². The first-order valence-electron chi connectivity index (χ1n) is 17.2. The van der Waals surface area contributed by atoms with E-state index in [1.54, 1.807) is 0 Å². The Morgan fingerprint density at radius 2 is 1.81 bits per heavy atom.